The Morgan fingerprint density at radius 3 is 2.26 bits per heavy atom. The number of hydrogen-bond donors (Lipinski definition) is 1. The Morgan fingerprint density at radius 1 is 1.06 bits per heavy atom. The minimum Gasteiger partial charge on any atom is -0.512 e. The maximum atomic E-state index is 10.0. The molecule has 34 heavy (non-hydrogen) atoms. The first kappa shape index (κ1) is 27.0. The van der Waals surface area contributed by atoms with Crippen LogP contribution in [0.25, 0.3) is 27.8 Å². The number of carbonyl (C=O) groups is 1. The van der Waals surface area contributed by atoms with Crippen LogP contribution >= 0.6 is 0 Å². The number of fused-ring (bicyclic) bond motifs is 1. The number of benzene rings is 2. The van der Waals surface area contributed by atoms with Crippen molar-refractivity contribution < 1.29 is 34.7 Å². The van der Waals surface area contributed by atoms with Gasteiger partial charge in [0.15, 0.2) is 5.78 Å². The molecule has 0 atom stereocenters. The minimum atomic E-state index is -0.125. The topological polar surface area (TPSA) is 64.3 Å². The van der Waals surface area contributed by atoms with E-state index in [0.29, 0.717) is 0 Å². The van der Waals surface area contributed by atoms with Crippen molar-refractivity contribution in [3.05, 3.63) is 89.5 Å². The van der Waals surface area contributed by atoms with Crippen LogP contribution < -0.4 is 4.74 Å². The number of hydrogen-bond acceptors (Lipinski definition) is 4. The number of pyridine rings is 1. The van der Waals surface area contributed by atoms with Gasteiger partial charge in [0.1, 0.15) is 5.75 Å². The van der Waals surface area contributed by atoms with Crippen molar-refractivity contribution in [3.63, 3.8) is 0 Å². The van der Waals surface area contributed by atoms with Crippen LogP contribution in [0, 0.1) is 26.8 Å². The minimum absolute atomic E-state index is 0. The number of ether oxygens (including phenoxy) is 1. The van der Waals surface area contributed by atoms with Gasteiger partial charge < -0.3 is 14.4 Å². The quantitative estimate of drug-likeness (QED) is 0.159. The zero-order valence-electron chi connectivity index (χ0n) is 20.3. The van der Waals surface area contributed by atoms with Crippen molar-refractivity contribution in [2.24, 2.45) is 0 Å². The number of aryl methyl sites for hydroxylation is 3. The Kier molecular flexibility index (Phi) is 9.36. The van der Waals surface area contributed by atoms with E-state index in [1.165, 1.54) is 31.1 Å². The zero-order valence-corrected chi connectivity index (χ0v) is 22.7. The van der Waals surface area contributed by atoms with Gasteiger partial charge in [0.05, 0.1) is 18.4 Å². The second-order valence-corrected chi connectivity index (χ2v) is 8.11. The summed E-state index contributed by atoms with van der Waals surface area (Å²) < 4.78 is 7.76. The third-order valence-corrected chi connectivity index (χ3v) is 5.02. The monoisotopic (exact) mass is 634 g/mol. The van der Waals surface area contributed by atoms with Gasteiger partial charge in [-0.05, 0) is 56.7 Å². The molecule has 0 amide bonds. The average molecular weight is 634 g/mol. The first-order chi connectivity index (χ1) is 15.7. The van der Waals surface area contributed by atoms with Crippen molar-refractivity contribution in [2.45, 2.75) is 34.6 Å². The van der Waals surface area contributed by atoms with E-state index in [0.717, 1.165) is 39.2 Å². The van der Waals surface area contributed by atoms with Crippen LogP contribution in [0.3, 0.4) is 0 Å². The molecule has 2 aromatic carbocycles. The molecular weight excluding hydrogens is 605 g/mol. The molecule has 4 aromatic rings. The standard InChI is InChI=1S/C23H21N2O.C5H8O2.Ir/c1-15-9-16(2)11-19(10-15)23-22(26-4)13-18-12-17(3)21(14-20(18)24-23)25-7-5-6-8-25;1-4(6)3-5(2)7;/h5-10,12-14H,1-4H3;3,6H,1-2H3;/q-1;;/b;4-3-;. The molecule has 0 aliphatic carbocycles. The van der Waals surface area contributed by atoms with E-state index in [1.54, 1.807) is 7.11 Å². The van der Waals surface area contributed by atoms with Crippen LogP contribution in [-0.2, 0) is 24.9 Å². The molecule has 2 heterocycles. The predicted octanol–water partition coefficient (Wildman–Crippen LogP) is 6.46. The van der Waals surface area contributed by atoms with Crippen molar-refractivity contribution in [1.82, 2.24) is 9.55 Å². The Morgan fingerprint density at radius 2 is 1.74 bits per heavy atom. The van der Waals surface area contributed by atoms with Crippen LogP contribution in [0.15, 0.2) is 66.7 Å². The SMILES string of the molecule is CC(=O)/C=C(/C)O.COc1cc2cc(C)c(-n3cccc3)cc2nc1-c1[c-]c(C)cc(C)c1.[Ir]. The van der Waals surface area contributed by atoms with Crippen molar-refractivity contribution in [2.75, 3.05) is 7.11 Å². The molecule has 0 fully saturated rings. The summed E-state index contributed by atoms with van der Waals surface area (Å²) in [5.41, 5.74) is 7.36. The number of nitrogens with zero attached hydrogens (tertiary/aromatic N) is 2. The summed E-state index contributed by atoms with van der Waals surface area (Å²) in [6, 6.07) is 18.0. The predicted molar refractivity (Wildman–Crippen MR) is 133 cm³/mol. The first-order valence-corrected chi connectivity index (χ1v) is 10.7. The fraction of sp³-hybridized carbons (Fsp3) is 0.214. The molecule has 0 aliphatic rings. The van der Waals surface area contributed by atoms with Gasteiger partial charge in [-0.1, -0.05) is 13.8 Å². The molecule has 6 heteroatoms. The molecule has 0 saturated heterocycles. The number of methoxy groups -OCH3 is 1. The molecule has 4 rings (SSSR count). The summed E-state index contributed by atoms with van der Waals surface area (Å²) in [5.74, 6) is 0.708. The number of aliphatic hydroxyl groups is 1. The number of ketones is 1. The summed E-state index contributed by atoms with van der Waals surface area (Å²) in [4.78, 5) is 15.0. The van der Waals surface area contributed by atoms with Crippen LogP contribution in [0.4, 0.5) is 0 Å². The van der Waals surface area contributed by atoms with Gasteiger partial charge in [0.2, 0.25) is 0 Å². The fourth-order valence-electron chi connectivity index (χ4n) is 3.74. The molecule has 2 aromatic heterocycles. The molecule has 1 radical (unpaired) electrons. The Labute approximate surface area is 214 Å². The van der Waals surface area contributed by atoms with Gasteiger partial charge in [0, 0.05) is 55.3 Å². The van der Waals surface area contributed by atoms with E-state index < -0.39 is 0 Å². The third kappa shape index (κ3) is 6.66. The summed E-state index contributed by atoms with van der Waals surface area (Å²) in [5, 5.41) is 9.44. The van der Waals surface area contributed by atoms with Gasteiger partial charge in [-0.3, -0.25) is 9.78 Å². The Bertz CT molecular complexity index is 1300. The average Bonchev–Trinajstić information content (AvgIpc) is 3.25. The van der Waals surface area contributed by atoms with E-state index >= 15 is 0 Å². The van der Waals surface area contributed by atoms with Gasteiger partial charge >= 0.3 is 0 Å². The molecule has 179 valence electrons. The molecule has 0 saturated carbocycles. The summed E-state index contributed by atoms with van der Waals surface area (Å²) in [6.07, 6.45) is 5.27. The van der Waals surface area contributed by atoms with Crippen molar-refractivity contribution in [1.29, 1.82) is 0 Å². The van der Waals surface area contributed by atoms with Crippen LogP contribution in [0.1, 0.15) is 30.5 Å². The summed E-state index contributed by atoms with van der Waals surface area (Å²) in [6.45, 7) is 9.11. The van der Waals surface area contributed by atoms with E-state index in [-0.39, 0.29) is 31.6 Å². The van der Waals surface area contributed by atoms with Crippen molar-refractivity contribution >= 4 is 16.7 Å². The molecule has 0 bridgehead atoms. The second-order valence-electron chi connectivity index (χ2n) is 8.11. The first-order valence-electron chi connectivity index (χ1n) is 10.7. The normalized spacial score (nSPS) is 10.8. The maximum absolute atomic E-state index is 10.0. The molecule has 1 N–H and O–H groups in total. The van der Waals surface area contributed by atoms with E-state index in [1.807, 2.05) is 12.1 Å². The maximum Gasteiger partial charge on any atom is 0.155 e. The number of aliphatic hydroxyl groups excluding tert-OH is 1. The fourth-order valence-corrected chi connectivity index (χ4v) is 3.74. The van der Waals surface area contributed by atoms with E-state index in [4.69, 9.17) is 14.8 Å². The van der Waals surface area contributed by atoms with Crippen LogP contribution in [0.2, 0.25) is 0 Å². The third-order valence-electron chi connectivity index (χ3n) is 5.02. The number of rotatable bonds is 4. The molecule has 0 aliphatic heterocycles. The van der Waals surface area contributed by atoms with Crippen LogP contribution in [-0.4, -0.2) is 27.6 Å². The number of allylic oxidation sites excluding steroid dienone is 2. The Hall–Kier alpha value is -3.21. The number of carbonyl (C=O) groups excluding carboxylic acids is 1. The smallest absolute Gasteiger partial charge is 0.155 e. The molecule has 0 unspecified atom stereocenters. The summed E-state index contributed by atoms with van der Waals surface area (Å²) >= 11 is 0. The van der Waals surface area contributed by atoms with Gasteiger partial charge in [-0.15, -0.1) is 34.9 Å². The largest absolute Gasteiger partial charge is 0.512 e. The van der Waals surface area contributed by atoms with E-state index in [2.05, 4.69) is 74.1 Å². The van der Waals surface area contributed by atoms with Gasteiger partial charge in [-0.2, -0.15) is 0 Å². The molecular formula is C28H29IrN2O3-. The van der Waals surface area contributed by atoms with Crippen molar-refractivity contribution in [3.8, 4) is 22.7 Å². The number of aromatic nitrogens is 2. The molecule has 5 nitrogen and oxygen atoms in total. The van der Waals surface area contributed by atoms with Crippen LogP contribution in [0.5, 0.6) is 5.75 Å². The second kappa shape index (κ2) is 11.8. The summed E-state index contributed by atoms with van der Waals surface area (Å²) in [7, 11) is 1.69. The molecule has 0 spiro atoms. The van der Waals surface area contributed by atoms with Gasteiger partial charge in [-0.25, -0.2) is 0 Å². The van der Waals surface area contributed by atoms with E-state index in [9.17, 15) is 4.79 Å². The van der Waals surface area contributed by atoms with Gasteiger partial charge in [0.25, 0.3) is 0 Å². The Balaban J connectivity index is 0.000000449. The zero-order chi connectivity index (χ0) is 24.1.